The molecule has 2 heterocycles. The van der Waals surface area contributed by atoms with Crippen LogP contribution in [0.4, 0.5) is 0 Å². The van der Waals surface area contributed by atoms with Crippen molar-refractivity contribution >= 4 is 5.91 Å². The van der Waals surface area contributed by atoms with Crippen LogP contribution < -0.4 is 5.73 Å². The average Bonchev–Trinajstić information content (AvgIpc) is 3.07. The highest BCUT2D eigenvalue weighted by Crippen LogP contribution is 2.16. The van der Waals surface area contributed by atoms with Crippen molar-refractivity contribution in [2.24, 2.45) is 5.73 Å². The van der Waals surface area contributed by atoms with Gasteiger partial charge in [0.15, 0.2) is 0 Å². The summed E-state index contributed by atoms with van der Waals surface area (Å²) in [6.07, 6.45) is 5.43. The molecule has 2 aliphatic rings. The van der Waals surface area contributed by atoms with Crippen LogP contribution in [0.5, 0.6) is 0 Å². The zero-order valence-corrected chi connectivity index (χ0v) is 12.0. The molecule has 0 radical (unpaired) electrons. The lowest BCUT2D eigenvalue weighted by molar-refractivity contribution is -0.131. The summed E-state index contributed by atoms with van der Waals surface area (Å²) in [6, 6.07) is 0.136. The van der Waals surface area contributed by atoms with Crippen LogP contribution in [0, 0.1) is 0 Å². The Labute approximate surface area is 116 Å². The largest absolute Gasteiger partial charge is 0.377 e. The Bertz CT molecular complexity index is 286. The summed E-state index contributed by atoms with van der Waals surface area (Å²) in [4.78, 5) is 16.3. The first kappa shape index (κ1) is 14.8. The van der Waals surface area contributed by atoms with E-state index < -0.39 is 0 Å². The smallest absolute Gasteiger partial charge is 0.224 e. The number of nitrogens with zero attached hydrogens (tertiary/aromatic N) is 2. The average molecular weight is 269 g/mol. The maximum Gasteiger partial charge on any atom is 0.224 e. The Morgan fingerprint density at radius 1 is 1.42 bits per heavy atom. The second-order valence-corrected chi connectivity index (χ2v) is 5.76. The highest BCUT2D eigenvalue weighted by molar-refractivity contribution is 5.77. The first-order chi connectivity index (χ1) is 9.20. The Balaban J connectivity index is 1.78. The van der Waals surface area contributed by atoms with E-state index >= 15 is 0 Å². The van der Waals surface area contributed by atoms with Crippen LogP contribution in [0.1, 0.15) is 32.1 Å². The zero-order valence-electron chi connectivity index (χ0n) is 12.0. The standard InChI is InChI=1S/C14H27N3O2/c1-16(11-13-5-4-8-19-13)12(10-15)9-14(18)17-6-2-3-7-17/h12-13H,2-11,15H2,1H3. The molecule has 5 nitrogen and oxygen atoms in total. The molecule has 0 aromatic rings. The van der Waals surface area contributed by atoms with Gasteiger partial charge in [-0.15, -0.1) is 0 Å². The number of likely N-dealkylation sites (tertiary alicyclic amines) is 1. The predicted molar refractivity (Wildman–Crippen MR) is 74.9 cm³/mol. The van der Waals surface area contributed by atoms with Crippen LogP contribution in [0.2, 0.25) is 0 Å². The molecule has 0 aromatic carbocycles. The van der Waals surface area contributed by atoms with Crippen LogP contribution in [-0.2, 0) is 9.53 Å². The third-order valence-electron chi connectivity index (χ3n) is 4.28. The van der Waals surface area contributed by atoms with Crippen molar-refractivity contribution in [2.75, 3.05) is 39.8 Å². The summed E-state index contributed by atoms with van der Waals surface area (Å²) in [7, 11) is 2.05. The fraction of sp³-hybridized carbons (Fsp3) is 0.929. The summed E-state index contributed by atoms with van der Waals surface area (Å²) in [5.74, 6) is 0.257. The lowest BCUT2D eigenvalue weighted by Crippen LogP contribution is -2.45. The minimum Gasteiger partial charge on any atom is -0.377 e. The molecular formula is C14H27N3O2. The summed E-state index contributed by atoms with van der Waals surface area (Å²) in [6.45, 7) is 4.13. The molecule has 2 aliphatic heterocycles. The van der Waals surface area contributed by atoms with Crippen LogP contribution in [-0.4, -0.2) is 67.7 Å². The summed E-state index contributed by atoms with van der Waals surface area (Å²) in [5, 5.41) is 0. The van der Waals surface area contributed by atoms with Crippen LogP contribution in [0.15, 0.2) is 0 Å². The van der Waals surface area contributed by atoms with E-state index in [4.69, 9.17) is 10.5 Å². The molecule has 110 valence electrons. The number of carbonyl (C=O) groups excluding carboxylic acids is 1. The second kappa shape index (κ2) is 7.22. The highest BCUT2D eigenvalue weighted by Gasteiger charge is 2.25. The SMILES string of the molecule is CN(CC1CCCO1)C(CN)CC(=O)N1CCCC1. The van der Waals surface area contributed by atoms with Crippen LogP contribution in [0.3, 0.4) is 0 Å². The molecule has 1 amide bonds. The minimum absolute atomic E-state index is 0.136. The Morgan fingerprint density at radius 3 is 2.74 bits per heavy atom. The molecule has 0 saturated carbocycles. The highest BCUT2D eigenvalue weighted by atomic mass is 16.5. The molecule has 0 spiro atoms. The third kappa shape index (κ3) is 4.16. The van der Waals surface area contributed by atoms with Crippen molar-refractivity contribution in [1.82, 2.24) is 9.80 Å². The minimum atomic E-state index is 0.136. The number of rotatable bonds is 6. The molecule has 2 saturated heterocycles. The van der Waals surface area contributed by atoms with E-state index in [2.05, 4.69) is 11.9 Å². The molecular weight excluding hydrogens is 242 g/mol. The van der Waals surface area contributed by atoms with Gasteiger partial charge in [-0.1, -0.05) is 0 Å². The van der Waals surface area contributed by atoms with Gasteiger partial charge in [0.25, 0.3) is 0 Å². The molecule has 0 bridgehead atoms. The number of carbonyl (C=O) groups is 1. The van der Waals surface area contributed by atoms with Crippen molar-refractivity contribution in [3.63, 3.8) is 0 Å². The van der Waals surface area contributed by atoms with Crippen molar-refractivity contribution in [3.8, 4) is 0 Å². The van der Waals surface area contributed by atoms with Gasteiger partial charge in [0.1, 0.15) is 0 Å². The van der Waals surface area contributed by atoms with Crippen molar-refractivity contribution in [2.45, 2.75) is 44.2 Å². The van der Waals surface area contributed by atoms with E-state index in [-0.39, 0.29) is 11.9 Å². The van der Waals surface area contributed by atoms with Crippen LogP contribution in [0.25, 0.3) is 0 Å². The predicted octanol–water partition coefficient (Wildman–Crippen LogP) is 0.437. The summed E-state index contributed by atoms with van der Waals surface area (Å²) >= 11 is 0. The van der Waals surface area contributed by atoms with Crippen LogP contribution >= 0.6 is 0 Å². The quantitative estimate of drug-likeness (QED) is 0.760. The molecule has 2 unspecified atom stereocenters. The molecule has 5 heteroatoms. The van der Waals surface area contributed by atoms with Gasteiger partial charge in [0.2, 0.25) is 5.91 Å². The maximum atomic E-state index is 12.2. The first-order valence-corrected chi connectivity index (χ1v) is 7.50. The van der Waals surface area contributed by atoms with Gasteiger partial charge in [-0.2, -0.15) is 0 Å². The Kier molecular flexibility index (Phi) is 5.60. The first-order valence-electron chi connectivity index (χ1n) is 7.50. The van der Waals surface area contributed by atoms with Gasteiger partial charge < -0.3 is 15.4 Å². The number of likely N-dealkylation sites (N-methyl/N-ethyl adjacent to an activating group) is 1. The Hall–Kier alpha value is -0.650. The van der Waals surface area contributed by atoms with Gasteiger partial charge in [-0.05, 0) is 32.7 Å². The van der Waals surface area contributed by atoms with Gasteiger partial charge in [-0.3, -0.25) is 9.69 Å². The van der Waals surface area contributed by atoms with E-state index in [1.165, 1.54) is 0 Å². The van der Waals surface area contributed by atoms with Gasteiger partial charge in [0, 0.05) is 45.2 Å². The van der Waals surface area contributed by atoms with E-state index in [1.54, 1.807) is 0 Å². The van der Waals surface area contributed by atoms with Gasteiger partial charge >= 0.3 is 0 Å². The fourth-order valence-corrected chi connectivity index (χ4v) is 2.97. The van der Waals surface area contributed by atoms with Gasteiger partial charge in [-0.25, -0.2) is 0 Å². The molecule has 2 rings (SSSR count). The summed E-state index contributed by atoms with van der Waals surface area (Å²) < 4.78 is 5.65. The lowest BCUT2D eigenvalue weighted by Gasteiger charge is -2.29. The number of hydrogen-bond acceptors (Lipinski definition) is 4. The van der Waals surface area contributed by atoms with Gasteiger partial charge in [0.05, 0.1) is 6.10 Å². The van der Waals surface area contributed by atoms with E-state index in [0.717, 1.165) is 51.9 Å². The number of amides is 1. The van der Waals surface area contributed by atoms with E-state index in [9.17, 15) is 4.79 Å². The molecule has 0 aromatic heterocycles. The lowest BCUT2D eigenvalue weighted by atomic mass is 10.1. The molecule has 2 fully saturated rings. The number of ether oxygens (including phenoxy) is 1. The normalized spacial score (nSPS) is 25.2. The monoisotopic (exact) mass is 269 g/mol. The maximum absolute atomic E-state index is 12.2. The molecule has 19 heavy (non-hydrogen) atoms. The van der Waals surface area contributed by atoms with E-state index in [0.29, 0.717) is 19.1 Å². The van der Waals surface area contributed by atoms with Crippen molar-refractivity contribution < 1.29 is 9.53 Å². The Morgan fingerprint density at radius 2 is 2.16 bits per heavy atom. The van der Waals surface area contributed by atoms with Crippen molar-refractivity contribution in [1.29, 1.82) is 0 Å². The second-order valence-electron chi connectivity index (χ2n) is 5.76. The number of nitrogens with two attached hydrogens (primary N) is 1. The number of hydrogen-bond donors (Lipinski definition) is 1. The third-order valence-corrected chi connectivity index (χ3v) is 4.28. The molecule has 2 N–H and O–H groups in total. The van der Waals surface area contributed by atoms with E-state index in [1.807, 2.05) is 4.90 Å². The van der Waals surface area contributed by atoms with Crippen molar-refractivity contribution in [3.05, 3.63) is 0 Å². The topological polar surface area (TPSA) is 58.8 Å². The molecule has 0 aliphatic carbocycles. The summed E-state index contributed by atoms with van der Waals surface area (Å²) in [5.41, 5.74) is 5.84. The molecule has 2 atom stereocenters. The zero-order chi connectivity index (χ0) is 13.7. The fourth-order valence-electron chi connectivity index (χ4n) is 2.97.